The Bertz CT molecular complexity index is 514. The smallest absolute Gasteiger partial charge is 0.308 e. The highest BCUT2D eigenvalue weighted by molar-refractivity contribution is 5.94. The van der Waals surface area contributed by atoms with Crippen LogP contribution in [0.4, 0.5) is 0 Å². The van der Waals surface area contributed by atoms with Gasteiger partial charge in [-0.1, -0.05) is 17.7 Å². The van der Waals surface area contributed by atoms with Gasteiger partial charge in [0.15, 0.2) is 6.10 Å². The maximum atomic E-state index is 11.8. The molecule has 6 nitrogen and oxygen atoms in total. The molecule has 1 rings (SSSR count). The number of aryl methyl sites for hydroxylation is 1. The topological polar surface area (TPSA) is 98.5 Å². The van der Waals surface area contributed by atoms with Crippen molar-refractivity contribution in [2.24, 2.45) is 5.73 Å². The lowest BCUT2D eigenvalue weighted by Gasteiger charge is -2.10. The zero-order chi connectivity index (χ0) is 15.1. The van der Waals surface area contributed by atoms with Crippen molar-refractivity contribution in [1.29, 1.82) is 0 Å². The zero-order valence-corrected chi connectivity index (χ0v) is 11.5. The third kappa shape index (κ3) is 5.09. The molecule has 0 radical (unpaired) electrons. The minimum atomic E-state index is -0.963. The number of nitrogens with one attached hydrogen (secondary N) is 1. The number of carbonyl (C=O) groups excluding carboxylic acids is 3. The van der Waals surface area contributed by atoms with Crippen molar-refractivity contribution >= 4 is 17.8 Å². The molecule has 0 aliphatic rings. The summed E-state index contributed by atoms with van der Waals surface area (Å²) in [4.78, 5) is 33.8. The Balaban J connectivity index is 2.35. The third-order valence-corrected chi connectivity index (χ3v) is 2.60. The SMILES string of the molecule is Cc1cccc(C(=O)NCCC(=O)OC(C)C(N)=O)c1. The van der Waals surface area contributed by atoms with E-state index in [0.717, 1.165) is 5.56 Å². The van der Waals surface area contributed by atoms with Gasteiger partial charge in [-0.2, -0.15) is 0 Å². The fraction of sp³-hybridized carbons (Fsp3) is 0.357. The second-order valence-electron chi connectivity index (χ2n) is 4.41. The number of ether oxygens (including phenoxy) is 1. The molecule has 0 bridgehead atoms. The summed E-state index contributed by atoms with van der Waals surface area (Å²) >= 11 is 0. The van der Waals surface area contributed by atoms with Crippen LogP contribution >= 0.6 is 0 Å². The monoisotopic (exact) mass is 278 g/mol. The highest BCUT2D eigenvalue weighted by atomic mass is 16.5. The van der Waals surface area contributed by atoms with Crippen LogP contribution in [0.2, 0.25) is 0 Å². The van der Waals surface area contributed by atoms with Crippen LogP contribution in [0, 0.1) is 6.92 Å². The average Bonchev–Trinajstić information content (AvgIpc) is 2.38. The molecular formula is C14H18N2O4. The van der Waals surface area contributed by atoms with Gasteiger partial charge in [0.25, 0.3) is 11.8 Å². The van der Waals surface area contributed by atoms with E-state index >= 15 is 0 Å². The molecule has 2 amide bonds. The highest BCUT2D eigenvalue weighted by Crippen LogP contribution is 2.03. The number of hydrogen-bond donors (Lipinski definition) is 2. The van der Waals surface area contributed by atoms with E-state index < -0.39 is 18.0 Å². The molecule has 1 atom stereocenters. The van der Waals surface area contributed by atoms with E-state index in [4.69, 9.17) is 10.5 Å². The van der Waals surface area contributed by atoms with Gasteiger partial charge in [0.1, 0.15) is 0 Å². The standard InChI is InChI=1S/C14H18N2O4/c1-9-4-3-5-11(8-9)14(19)16-7-6-12(17)20-10(2)13(15)18/h3-5,8,10H,6-7H2,1-2H3,(H2,15,18)(H,16,19). The number of benzene rings is 1. The first kappa shape index (κ1) is 15.7. The van der Waals surface area contributed by atoms with E-state index in [1.165, 1.54) is 6.92 Å². The summed E-state index contributed by atoms with van der Waals surface area (Å²) < 4.78 is 4.75. The molecule has 0 spiro atoms. The van der Waals surface area contributed by atoms with Crippen molar-refractivity contribution in [3.63, 3.8) is 0 Å². The lowest BCUT2D eigenvalue weighted by Crippen LogP contribution is -2.32. The van der Waals surface area contributed by atoms with Crippen LogP contribution < -0.4 is 11.1 Å². The molecule has 0 saturated heterocycles. The van der Waals surface area contributed by atoms with E-state index in [2.05, 4.69) is 5.32 Å². The number of nitrogens with two attached hydrogens (primary N) is 1. The largest absolute Gasteiger partial charge is 0.453 e. The van der Waals surface area contributed by atoms with Gasteiger partial charge in [0, 0.05) is 12.1 Å². The zero-order valence-electron chi connectivity index (χ0n) is 11.5. The molecule has 6 heteroatoms. The number of amides is 2. The van der Waals surface area contributed by atoms with Crippen LogP contribution in [-0.4, -0.2) is 30.4 Å². The van der Waals surface area contributed by atoms with Gasteiger partial charge >= 0.3 is 5.97 Å². The lowest BCUT2D eigenvalue weighted by atomic mass is 10.1. The van der Waals surface area contributed by atoms with Gasteiger partial charge in [-0.25, -0.2) is 0 Å². The molecule has 3 N–H and O–H groups in total. The molecule has 0 saturated carbocycles. The first-order chi connectivity index (χ1) is 9.40. The van der Waals surface area contributed by atoms with E-state index in [9.17, 15) is 14.4 Å². The predicted octanol–water partition coefficient (Wildman–Crippen LogP) is 0.532. The van der Waals surface area contributed by atoms with Crippen molar-refractivity contribution in [1.82, 2.24) is 5.32 Å². The van der Waals surface area contributed by atoms with Crippen LogP contribution in [0.1, 0.15) is 29.3 Å². The number of carbonyl (C=O) groups is 3. The molecule has 0 aliphatic heterocycles. The van der Waals surface area contributed by atoms with Gasteiger partial charge in [0.2, 0.25) is 0 Å². The molecule has 0 heterocycles. The Hall–Kier alpha value is -2.37. The van der Waals surface area contributed by atoms with Gasteiger partial charge in [0.05, 0.1) is 6.42 Å². The summed E-state index contributed by atoms with van der Waals surface area (Å²) in [6.07, 6.45) is -0.982. The molecule has 0 aromatic heterocycles. The molecule has 0 aliphatic carbocycles. The van der Waals surface area contributed by atoms with Crippen molar-refractivity contribution in [3.05, 3.63) is 35.4 Å². The quantitative estimate of drug-likeness (QED) is 0.741. The third-order valence-electron chi connectivity index (χ3n) is 2.60. The second-order valence-corrected chi connectivity index (χ2v) is 4.41. The van der Waals surface area contributed by atoms with E-state index in [1.807, 2.05) is 13.0 Å². The molecule has 1 unspecified atom stereocenters. The fourth-order valence-electron chi connectivity index (χ4n) is 1.48. The number of esters is 1. The minimum absolute atomic E-state index is 0.0187. The highest BCUT2D eigenvalue weighted by Gasteiger charge is 2.14. The van der Waals surface area contributed by atoms with Crippen LogP contribution in [0.25, 0.3) is 0 Å². The molecular weight excluding hydrogens is 260 g/mol. The van der Waals surface area contributed by atoms with Gasteiger partial charge < -0.3 is 15.8 Å². The number of primary amides is 1. The maximum absolute atomic E-state index is 11.8. The maximum Gasteiger partial charge on any atom is 0.308 e. The van der Waals surface area contributed by atoms with Crippen molar-refractivity contribution in [2.75, 3.05) is 6.54 Å². The summed E-state index contributed by atoms with van der Waals surface area (Å²) in [5.74, 6) is -1.55. The summed E-state index contributed by atoms with van der Waals surface area (Å²) in [7, 11) is 0. The summed E-state index contributed by atoms with van der Waals surface area (Å²) in [6.45, 7) is 3.42. The first-order valence-electron chi connectivity index (χ1n) is 6.24. The summed E-state index contributed by atoms with van der Waals surface area (Å²) in [5.41, 5.74) is 6.48. The average molecular weight is 278 g/mol. The fourth-order valence-corrected chi connectivity index (χ4v) is 1.48. The molecule has 108 valence electrons. The number of rotatable bonds is 6. The number of hydrogen-bond acceptors (Lipinski definition) is 4. The van der Waals surface area contributed by atoms with Crippen molar-refractivity contribution < 1.29 is 19.1 Å². The molecule has 0 fully saturated rings. The van der Waals surface area contributed by atoms with Crippen molar-refractivity contribution in [2.45, 2.75) is 26.4 Å². The predicted molar refractivity (Wildman–Crippen MR) is 72.9 cm³/mol. The second kappa shape index (κ2) is 7.28. The van der Waals surface area contributed by atoms with Gasteiger partial charge in [-0.3, -0.25) is 14.4 Å². The van der Waals surface area contributed by atoms with Gasteiger partial charge in [-0.05, 0) is 26.0 Å². The minimum Gasteiger partial charge on any atom is -0.453 e. The Morgan fingerprint density at radius 2 is 2.05 bits per heavy atom. The molecule has 1 aromatic rings. The normalized spacial score (nSPS) is 11.5. The van der Waals surface area contributed by atoms with E-state index in [1.54, 1.807) is 18.2 Å². The van der Waals surface area contributed by atoms with E-state index in [-0.39, 0.29) is 18.9 Å². The first-order valence-corrected chi connectivity index (χ1v) is 6.24. The molecule has 1 aromatic carbocycles. The Labute approximate surface area is 117 Å². The van der Waals surface area contributed by atoms with Crippen LogP contribution in [0.5, 0.6) is 0 Å². The lowest BCUT2D eigenvalue weighted by molar-refractivity contribution is -0.153. The summed E-state index contributed by atoms with van der Waals surface area (Å²) in [6, 6.07) is 7.12. The van der Waals surface area contributed by atoms with Crippen LogP contribution in [0.3, 0.4) is 0 Å². The summed E-state index contributed by atoms with van der Waals surface area (Å²) in [5, 5.41) is 2.60. The van der Waals surface area contributed by atoms with Crippen LogP contribution in [-0.2, 0) is 14.3 Å². The van der Waals surface area contributed by atoms with Gasteiger partial charge in [-0.15, -0.1) is 0 Å². The van der Waals surface area contributed by atoms with Crippen LogP contribution in [0.15, 0.2) is 24.3 Å². The molecule has 20 heavy (non-hydrogen) atoms. The van der Waals surface area contributed by atoms with E-state index in [0.29, 0.717) is 5.56 Å². The Morgan fingerprint density at radius 3 is 2.65 bits per heavy atom. The Kier molecular flexibility index (Phi) is 5.71. The Morgan fingerprint density at radius 1 is 1.35 bits per heavy atom. The van der Waals surface area contributed by atoms with Crippen molar-refractivity contribution in [3.8, 4) is 0 Å².